The predicted molar refractivity (Wildman–Crippen MR) is 72.2 cm³/mol. The van der Waals surface area contributed by atoms with Crippen LogP contribution in [-0.4, -0.2) is 18.1 Å². The molecule has 1 aromatic carbocycles. The third kappa shape index (κ3) is 3.76. The van der Waals surface area contributed by atoms with Crippen LogP contribution < -0.4 is 10.1 Å². The fourth-order valence-electron chi connectivity index (χ4n) is 1.49. The molecule has 0 heterocycles. The Balaban J connectivity index is 2.99. The number of ether oxygens (including phenoxy) is 1. The summed E-state index contributed by atoms with van der Waals surface area (Å²) >= 11 is 0. The van der Waals surface area contributed by atoms with Crippen LogP contribution in [0.25, 0.3) is 0 Å². The lowest BCUT2D eigenvalue weighted by Gasteiger charge is -2.09. The molecule has 18 heavy (non-hydrogen) atoms. The van der Waals surface area contributed by atoms with Crippen LogP contribution in [0.5, 0.6) is 5.75 Å². The van der Waals surface area contributed by atoms with E-state index >= 15 is 0 Å². The minimum Gasteiger partial charge on any atom is -0.487 e. The molecule has 0 fully saturated rings. The van der Waals surface area contributed by atoms with Crippen molar-refractivity contribution in [2.45, 2.75) is 20.8 Å². The second-order valence-electron chi connectivity index (χ2n) is 4.00. The highest BCUT2D eigenvalue weighted by Gasteiger charge is 2.20. The fourth-order valence-corrected chi connectivity index (χ4v) is 1.49. The topological polar surface area (TPSA) is 64.4 Å². The van der Waals surface area contributed by atoms with Crippen molar-refractivity contribution in [2.75, 3.05) is 18.5 Å². The SMILES string of the molecule is CCOc1cccc(NCC=C(C)C)c1[N+](=O)[O-]. The first kappa shape index (κ1) is 14.0. The average Bonchev–Trinajstić information content (AvgIpc) is 2.28. The molecule has 1 N–H and O–H groups in total. The van der Waals surface area contributed by atoms with E-state index < -0.39 is 4.92 Å². The molecule has 1 rings (SSSR count). The lowest BCUT2D eigenvalue weighted by atomic mass is 10.2. The Kier molecular flexibility index (Phi) is 5.17. The Morgan fingerprint density at radius 2 is 2.22 bits per heavy atom. The minimum absolute atomic E-state index is 0.0125. The maximum atomic E-state index is 11.1. The molecule has 0 saturated heterocycles. The number of nitro groups is 1. The average molecular weight is 250 g/mol. The predicted octanol–water partition coefficient (Wildman–Crippen LogP) is 3.37. The molecule has 0 bridgehead atoms. The summed E-state index contributed by atoms with van der Waals surface area (Å²) in [6.07, 6.45) is 1.97. The number of rotatable bonds is 6. The Labute approximate surface area is 107 Å². The highest BCUT2D eigenvalue weighted by atomic mass is 16.6. The van der Waals surface area contributed by atoms with Gasteiger partial charge in [-0.15, -0.1) is 0 Å². The maximum Gasteiger partial charge on any atom is 0.333 e. The Morgan fingerprint density at radius 1 is 1.50 bits per heavy atom. The number of benzene rings is 1. The van der Waals surface area contributed by atoms with Crippen molar-refractivity contribution in [2.24, 2.45) is 0 Å². The zero-order chi connectivity index (χ0) is 13.5. The molecule has 0 aliphatic carbocycles. The third-order valence-corrected chi connectivity index (χ3v) is 2.28. The van der Waals surface area contributed by atoms with Crippen LogP contribution >= 0.6 is 0 Å². The molecule has 0 spiro atoms. The van der Waals surface area contributed by atoms with E-state index in [4.69, 9.17) is 4.74 Å². The standard InChI is InChI=1S/C13H18N2O3/c1-4-18-12-7-5-6-11(13(12)15(16)17)14-9-8-10(2)3/h5-8,14H,4,9H2,1-3H3. The molecule has 0 unspecified atom stereocenters. The molecule has 0 aliphatic rings. The van der Waals surface area contributed by atoms with Gasteiger partial charge in [0, 0.05) is 6.54 Å². The molecule has 5 heteroatoms. The van der Waals surface area contributed by atoms with Gasteiger partial charge in [0.05, 0.1) is 11.5 Å². The number of anilines is 1. The van der Waals surface area contributed by atoms with Crippen molar-refractivity contribution < 1.29 is 9.66 Å². The smallest absolute Gasteiger partial charge is 0.333 e. The quantitative estimate of drug-likeness (QED) is 0.477. The maximum absolute atomic E-state index is 11.1. The van der Waals surface area contributed by atoms with E-state index in [1.54, 1.807) is 25.1 Å². The highest BCUT2D eigenvalue weighted by molar-refractivity contribution is 5.68. The third-order valence-electron chi connectivity index (χ3n) is 2.28. The van der Waals surface area contributed by atoms with Gasteiger partial charge >= 0.3 is 5.69 Å². The largest absolute Gasteiger partial charge is 0.487 e. The number of hydrogen-bond donors (Lipinski definition) is 1. The molecule has 0 atom stereocenters. The molecule has 0 aromatic heterocycles. The van der Waals surface area contributed by atoms with Crippen molar-refractivity contribution >= 4 is 11.4 Å². The first-order valence-electron chi connectivity index (χ1n) is 5.83. The zero-order valence-electron chi connectivity index (χ0n) is 10.9. The zero-order valence-corrected chi connectivity index (χ0v) is 10.9. The fraction of sp³-hybridized carbons (Fsp3) is 0.385. The number of nitro benzene ring substituents is 1. The van der Waals surface area contributed by atoms with E-state index in [1.165, 1.54) is 0 Å². The summed E-state index contributed by atoms with van der Waals surface area (Å²) in [4.78, 5) is 10.7. The Bertz CT molecular complexity index is 452. The summed E-state index contributed by atoms with van der Waals surface area (Å²) in [6, 6.07) is 5.02. The molecule has 5 nitrogen and oxygen atoms in total. The van der Waals surface area contributed by atoms with Crippen molar-refractivity contribution in [1.82, 2.24) is 0 Å². The molecular formula is C13H18N2O3. The molecule has 0 radical (unpaired) electrons. The summed E-state index contributed by atoms with van der Waals surface area (Å²) < 4.78 is 5.27. The molecule has 0 amide bonds. The van der Waals surface area contributed by atoms with E-state index in [0.29, 0.717) is 24.6 Å². The van der Waals surface area contributed by atoms with Crippen LogP contribution in [0.3, 0.4) is 0 Å². The normalized spacial score (nSPS) is 9.72. The van der Waals surface area contributed by atoms with Crippen LogP contribution in [0.2, 0.25) is 0 Å². The van der Waals surface area contributed by atoms with Gasteiger partial charge in [0.15, 0.2) is 5.75 Å². The summed E-state index contributed by atoms with van der Waals surface area (Å²) in [5, 5.41) is 14.1. The molecule has 0 saturated carbocycles. The van der Waals surface area contributed by atoms with Gasteiger partial charge in [0.25, 0.3) is 0 Å². The van der Waals surface area contributed by atoms with Gasteiger partial charge in [-0.2, -0.15) is 0 Å². The van der Waals surface area contributed by atoms with E-state index in [0.717, 1.165) is 5.57 Å². The summed E-state index contributed by atoms with van der Waals surface area (Å²) in [5.74, 6) is 0.296. The van der Waals surface area contributed by atoms with Crippen molar-refractivity contribution in [3.8, 4) is 5.75 Å². The van der Waals surface area contributed by atoms with E-state index in [2.05, 4.69) is 5.32 Å². The first-order valence-corrected chi connectivity index (χ1v) is 5.83. The van der Waals surface area contributed by atoms with Crippen molar-refractivity contribution in [1.29, 1.82) is 0 Å². The minimum atomic E-state index is -0.421. The van der Waals surface area contributed by atoms with Crippen LogP contribution in [-0.2, 0) is 0 Å². The molecule has 0 aliphatic heterocycles. The van der Waals surface area contributed by atoms with Gasteiger partial charge in [0.2, 0.25) is 0 Å². The second kappa shape index (κ2) is 6.64. The number of allylic oxidation sites excluding steroid dienone is 1. The molecule has 98 valence electrons. The van der Waals surface area contributed by atoms with Crippen LogP contribution in [0.15, 0.2) is 29.8 Å². The number of para-hydroxylation sites is 1. The van der Waals surface area contributed by atoms with Gasteiger partial charge in [-0.1, -0.05) is 17.7 Å². The second-order valence-corrected chi connectivity index (χ2v) is 4.00. The van der Waals surface area contributed by atoms with Gasteiger partial charge in [-0.05, 0) is 32.9 Å². The number of nitrogens with one attached hydrogen (secondary N) is 1. The van der Waals surface area contributed by atoms with E-state index in [9.17, 15) is 10.1 Å². The Hall–Kier alpha value is -2.04. The summed E-state index contributed by atoms with van der Waals surface area (Å²) in [5.41, 5.74) is 1.62. The first-order chi connectivity index (χ1) is 8.56. The summed E-state index contributed by atoms with van der Waals surface area (Å²) in [7, 11) is 0. The monoisotopic (exact) mass is 250 g/mol. The van der Waals surface area contributed by atoms with Gasteiger partial charge < -0.3 is 10.1 Å². The lowest BCUT2D eigenvalue weighted by molar-refractivity contribution is -0.384. The van der Waals surface area contributed by atoms with E-state index in [1.807, 2.05) is 19.9 Å². The molecule has 1 aromatic rings. The van der Waals surface area contributed by atoms with Gasteiger partial charge in [-0.25, -0.2) is 0 Å². The van der Waals surface area contributed by atoms with Gasteiger partial charge in [-0.3, -0.25) is 10.1 Å². The van der Waals surface area contributed by atoms with E-state index in [-0.39, 0.29) is 5.69 Å². The number of nitrogens with zero attached hydrogens (tertiary/aromatic N) is 1. The van der Waals surface area contributed by atoms with Crippen LogP contribution in [0.1, 0.15) is 20.8 Å². The van der Waals surface area contributed by atoms with Crippen LogP contribution in [0.4, 0.5) is 11.4 Å². The van der Waals surface area contributed by atoms with Crippen molar-refractivity contribution in [3.63, 3.8) is 0 Å². The lowest BCUT2D eigenvalue weighted by Crippen LogP contribution is -2.04. The van der Waals surface area contributed by atoms with Gasteiger partial charge in [0.1, 0.15) is 5.69 Å². The van der Waals surface area contributed by atoms with Crippen LogP contribution in [0, 0.1) is 10.1 Å². The highest BCUT2D eigenvalue weighted by Crippen LogP contribution is 2.34. The Morgan fingerprint density at radius 3 is 2.78 bits per heavy atom. The molecular weight excluding hydrogens is 232 g/mol. The van der Waals surface area contributed by atoms with Crippen molar-refractivity contribution in [3.05, 3.63) is 40.0 Å². The summed E-state index contributed by atoms with van der Waals surface area (Å²) in [6.45, 7) is 6.71. The number of hydrogen-bond acceptors (Lipinski definition) is 4.